The van der Waals surface area contributed by atoms with Gasteiger partial charge >= 0.3 is 0 Å². The van der Waals surface area contributed by atoms with Gasteiger partial charge in [-0.05, 0) is 56.4 Å². The average molecular weight is 450 g/mol. The number of piperidine rings is 1. The molecule has 0 bridgehead atoms. The van der Waals surface area contributed by atoms with Gasteiger partial charge in [0.2, 0.25) is 0 Å². The minimum absolute atomic E-state index is 0.0903. The van der Waals surface area contributed by atoms with E-state index in [2.05, 4.69) is 15.3 Å². The minimum Gasteiger partial charge on any atom is -0.391 e. The predicted octanol–water partition coefficient (Wildman–Crippen LogP) is 2.76. The first-order chi connectivity index (χ1) is 16.1. The normalized spacial score (nSPS) is 23.5. The molecule has 2 N–H and O–H groups in total. The van der Waals surface area contributed by atoms with Gasteiger partial charge in [0.1, 0.15) is 5.82 Å². The molecule has 8 nitrogen and oxygen atoms in total. The number of pyridine rings is 1. The van der Waals surface area contributed by atoms with Crippen molar-refractivity contribution in [2.75, 3.05) is 18.0 Å². The van der Waals surface area contributed by atoms with Crippen LogP contribution in [0.5, 0.6) is 0 Å². The maximum atomic E-state index is 12.8. The van der Waals surface area contributed by atoms with Gasteiger partial charge in [-0.15, -0.1) is 0 Å². The minimum atomic E-state index is -0.534. The molecule has 174 valence electrons. The molecule has 1 amide bonds. The first kappa shape index (κ1) is 21.7. The largest absolute Gasteiger partial charge is 0.391 e. The third-order valence-corrected chi connectivity index (χ3v) is 7.01. The molecular formula is C25H31N5O3. The van der Waals surface area contributed by atoms with Crippen LogP contribution in [0.4, 0.5) is 5.82 Å². The molecule has 1 saturated heterocycles. The summed E-state index contributed by atoms with van der Waals surface area (Å²) in [7, 11) is 0. The van der Waals surface area contributed by atoms with Crippen molar-refractivity contribution in [3.63, 3.8) is 0 Å². The lowest BCUT2D eigenvalue weighted by Gasteiger charge is -2.37. The Labute approximate surface area is 192 Å². The monoisotopic (exact) mass is 449 g/mol. The van der Waals surface area contributed by atoms with E-state index in [4.69, 9.17) is 0 Å². The van der Waals surface area contributed by atoms with Gasteiger partial charge in [0.05, 0.1) is 17.7 Å². The summed E-state index contributed by atoms with van der Waals surface area (Å²) in [5, 5.41) is 18.2. The van der Waals surface area contributed by atoms with Crippen molar-refractivity contribution in [3.8, 4) is 0 Å². The molecule has 4 heterocycles. The van der Waals surface area contributed by atoms with Crippen molar-refractivity contribution in [2.45, 2.75) is 63.1 Å². The van der Waals surface area contributed by atoms with Crippen LogP contribution in [-0.4, -0.2) is 50.4 Å². The van der Waals surface area contributed by atoms with Crippen molar-refractivity contribution in [1.82, 2.24) is 19.5 Å². The zero-order valence-electron chi connectivity index (χ0n) is 18.8. The average Bonchev–Trinajstić information content (AvgIpc) is 3.28. The molecular weight excluding hydrogens is 418 g/mol. The molecule has 1 saturated carbocycles. The van der Waals surface area contributed by atoms with E-state index >= 15 is 0 Å². The number of aromatic nitrogens is 3. The van der Waals surface area contributed by atoms with E-state index in [0.29, 0.717) is 18.5 Å². The second kappa shape index (κ2) is 9.39. The molecule has 33 heavy (non-hydrogen) atoms. The van der Waals surface area contributed by atoms with Crippen LogP contribution in [0, 0.1) is 0 Å². The number of anilines is 1. The van der Waals surface area contributed by atoms with E-state index in [9.17, 15) is 14.7 Å². The quantitative estimate of drug-likeness (QED) is 0.625. The van der Waals surface area contributed by atoms with Gasteiger partial charge in [0, 0.05) is 43.1 Å². The van der Waals surface area contributed by atoms with Crippen LogP contribution >= 0.6 is 0 Å². The summed E-state index contributed by atoms with van der Waals surface area (Å²) in [6, 6.07) is 10.9. The number of nitrogens with one attached hydrogen (secondary N) is 1. The third-order valence-electron chi connectivity index (χ3n) is 7.01. The van der Waals surface area contributed by atoms with Crippen LogP contribution in [0.3, 0.4) is 0 Å². The standard InChI is InChI=1S/C25H31N5O3/c31-22-10-2-1-9-21(22)30-24(32)12-11-23(27-30)29-14-6-4-8-20(29)16-26-25(33)18-15-19-7-3-5-13-28(19)17-18/h3,5,7,11-13,15,17,20-22,31H,1-2,4,6,8-10,14,16H2,(H,26,33). The molecule has 3 unspecified atom stereocenters. The van der Waals surface area contributed by atoms with E-state index in [0.717, 1.165) is 56.4 Å². The number of amides is 1. The molecule has 3 aromatic heterocycles. The van der Waals surface area contributed by atoms with Gasteiger partial charge in [0.15, 0.2) is 0 Å². The zero-order valence-corrected chi connectivity index (χ0v) is 18.8. The highest BCUT2D eigenvalue weighted by Crippen LogP contribution is 2.28. The Kier molecular flexibility index (Phi) is 6.17. The highest BCUT2D eigenvalue weighted by molar-refractivity contribution is 5.95. The number of aliphatic hydroxyl groups excluding tert-OH is 1. The molecule has 3 aromatic rings. The Morgan fingerprint density at radius 3 is 2.79 bits per heavy atom. The van der Waals surface area contributed by atoms with Crippen molar-refractivity contribution >= 4 is 17.2 Å². The molecule has 1 aliphatic carbocycles. The molecule has 3 atom stereocenters. The van der Waals surface area contributed by atoms with E-state index < -0.39 is 6.10 Å². The number of nitrogens with zero attached hydrogens (tertiary/aromatic N) is 4. The number of aliphatic hydroxyl groups is 1. The molecule has 0 radical (unpaired) electrons. The summed E-state index contributed by atoms with van der Waals surface area (Å²) < 4.78 is 3.42. The maximum Gasteiger partial charge on any atom is 0.267 e. The highest BCUT2D eigenvalue weighted by Gasteiger charge is 2.29. The maximum absolute atomic E-state index is 12.8. The lowest BCUT2D eigenvalue weighted by atomic mass is 9.93. The molecule has 0 aromatic carbocycles. The van der Waals surface area contributed by atoms with Crippen molar-refractivity contribution in [1.29, 1.82) is 0 Å². The fourth-order valence-corrected chi connectivity index (χ4v) is 5.19. The van der Waals surface area contributed by atoms with Gasteiger partial charge in [0.25, 0.3) is 11.5 Å². The first-order valence-electron chi connectivity index (χ1n) is 12.0. The third kappa shape index (κ3) is 4.53. The van der Waals surface area contributed by atoms with Crippen LogP contribution in [0.25, 0.3) is 5.52 Å². The Balaban J connectivity index is 1.32. The van der Waals surface area contributed by atoms with E-state index in [1.807, 2.05) is 41.1 Å². The fourth-order valence-electron chi connectivity index (χ4n) is 5.19. The summed E-state index contributed by atoms with van der Waals surface area (Å²) in [5.74, 6) is 0.647. The van der Waals surface area contributed by atoms with E-state index in [-0.39, 0.29) is 23.6 Å². The van der Waals surface area contributed by atoms with Gasteiger partial charge in [-0.25, -0.2) is 4.68 Å². The number of carbonyl (C=O) groups excluding carboxylic acids is 1. The van der Waals surface area contributed by atoms with Crippen LogP contribution in [-0.2, 0) is 0 Å². The Bertz CT molecular complexity index is 1150. The first-order valence-corrected chi connectivity index (χ1v) is 12.0. The summed E-state index contributed by atoms with van der Waals surface area (Å²) in [4.78, 5) is 27.5. The SMILES string of the molecule is O=C(NCC1CCCCN1c1ccc(=O)n(C2CCCCC2O)n1)c1cc2ccccn2c1. The van der Waals surface area contributed by atoms with Gasteiger partial charge < -0.3 is 19.7 Å². The van der Waals surface area contributed by atoms with Crippen LogP contribution in [0.2, 0.25) is 0 Å². The second-order valence-corrected chi connectivity index (χ2v) is 9.21. The van der Waals surface area contributed by atoms with Crippen LogP contribution in [0.15, 0.2) is 53.6 Å². The predicted molar refractivity (Wildman–Crippen MR) is 127 cm³/mol. The topological polar surface area (TPSA) is 91.9 Å². The molecule has 5 rings (SSSR count). The molecule has 2 aliphatic rings. The molecule has 0 spiro atoms. The zero-order chi connectivity index (χ0) is 22.8. The summed E-state index contributed by atoms with van der Waals surface area (Å²) >= 11 is 0. The Morgan fingerprint density at radius 2 is 1.94 bits per heavy atom. The number of hydrogen-bond acceptors (Lipinski definition) is 5. The second-order valence-electron chi connectivity index (χ2n) is 9.21. The number of hydrogen-bond donors (Lipinski definition) is 2. The van der Waals surface area contributed by atoms with E-state index in [1.165, 1.54) is 4.68 Å². The summed E-state index contributed by atoms with van der Waals surface area (Å²) in [6.45, 7) is 1.34. The summed E-state index contributed by atoms with van der Waals surface area (Å²) in [6.07, 6.45) is 9.77. The molecule has 8 heteroatoms. The number of carbonyl (C=O) groups is 1. The Hall–Kier alpha value is -3.13. The van der Waals surface area contributed by atoms with Crippen molar-refractivity contribution in [3.05, 3.63) is 64.7 Å². The van der Waals surface area contributed by atoms with Gasteiger partial charge in [-0.2, -0.15) is 5.10 Å². The van der Waals surface area contributed by atoms with Crippen molar-refractivity contribution < 1.29 is 9.90 Å². The lowest BCUT2D eigenvalue weighted by Crippen LogP contribution is -2.48. The highest BCUT2D eigenvalue weighted by atomic mass is 16.3. The lowest BCUT2D eigenvalue weighted by molar-refractivity contribution is 0.0669. The van der Waals surface area contributed by atoms with E-state index in [1.54, 1.807) is 12.1 Å². The molecule has 2 fully saturated rings. The van der Waals surface area contributed by atoms with Gasteiger partial charge in [-0.3, -0.25) is 9.59 Å². The van der Waals surface area contributed by atoms with Crippen molar-refractivity contribution in [2.24, 2.45) is 0 Å². The smallest absolute Gasteiger partial charge is 0.267 e. The fraction of sp³-hybridized carbons (Fsp3) is 0.480. The number of fused-ring (bicyclic) bond motifs is 1. The van der Waals surface area contributed by atoms with Crippen LogP contribution < -0.4 is 15.8 Å². The molecule has 1 aliphatic heterocycles. The van der Waals surface area contributed by atoms with Gasteiger partial charge in [-0.1, -0.05) is 18.9 Å². The Morgan fingerprint density at radius 1 is 1.09 bits per heavy atom. The van der Waals surface area contributed by atoms with Crippen LogP contribution in [0.1, 0.15) is 61.3 Å². The summed E-state index contributed by atoms with van der Waals surface area (Å²) in [5.41, 5.74) is 1.45. The number of rotatable bonds is 5.